The fraction of sp³-hybridized carbons (Fsp3) is 0.969. The van der Waals surface area contributed by atoms with E-state index in [2.05, 4.69) is 26.1 Å². The SMILES string of the molecule is C[C@H](CCC(=O)NCCS(=O)(=O)O)[C@H]1CC[C@H]2[C@@H]3CC[C@@H]4C[C@H](O[C@@H]5O[C@H](CO)[C@@H](O)[C@H](O)[C@H]5O)CC[C@]4(C)[C@H]3C[C@H](O)[C@]12C. The number of amides is 1. The van der Waals surface area contributed by atoms with Crippen LogP contribution in [0.2, 0.25) is 0 Å². The number of fused-ring (bicyclic) bond motifs is 5. The van der Waals surface area contributed by atoms with Crippen LogP contribution in [0.25, 0.3) is 0 Å². The van der Waals surface area contributed by atoms with Gasteiger partial charge in [0.15, 0.2) is 6.29 Å². The predicted octanol–water partition coefficient (Wildman–Crippen LogP) is 1.22. The van der Waals surface area contributed by atoms with Crippen LogP contribution in [0.15, 0.2) is 0 Å². The molecule has 1 saturated heterocycles. The second kappa shape index (κ2) is 13.5. The van der Waals surface area contributed by atoms with Crippen LogP contribution >= 0.6 is 0 Å². The Bertz CT molecular complexity index is 1150. The van der Waals surface area contributed by atoms with Gasteiger partial charge in [-0.15, -0.1) is 0 Å². The Morgan fingerprint density at radius 2 is 1.73 bits per heavy atom. The summed E-state index contributed by atoms with van der Waals surface area (Å²) in [5, 5.41) is 54.8. The minimum absolute atomic E-state index is 0.0459. The monoisotopic (exact) mass is 661 g/mol. The third-order valence-corrected chi connectivity index (χ3v) is 13.9. The molecule has 4 aliphatic carbocycles. The van der Waals surface area contributed by atoms with E-state index in [9.17, 15) is 38.7 Å². The third kappa shape index (κ3) is 6.85. The molecule has 0 aromatic rings. The molecule has 0 aromatic carbocycles. The summed E-state index contributed by atoms with van der Waals surface area (Å²) < 4.78 is 42.5. The number of carbonyl (C=O) groups is 1. The van der Waals surface area contributed by atoms with Gasteiger partial charge in [0.1, 0.15) is 24.4 Å². The van der Waals surface area contributed by atoms with Gasteiger partial charge in [-0.3, -0.25) is 9.35 Å². The molecule has 15 atom stereocenters. The molecule has 5 fully saturated rings. The smallest absolute Gasteiger partial charge is 0.266 e. The van der Waals surface area contributed by atoms with Crippen LogP contribution in [0.4, 0.5) is 0 Å². The molecule has 12 nitrogen and oxygen atoms in total. The Kier molecular flexibility index (Phi) is 10.7. The minimum Gasteiger partial charge on any atom is -0.394 e. The Morgan fingerprint density at radius 3 is 2.42 bits per heavy atom. The molecule has 5 aliphatic rings. The predicted molar refractivity (Wildman–Crippen MR) is 163 cm³/mol. The zero-order chi connectivity index (χ0) is 32.9. The van der Waals surface area contributed by atoms with Gasteiger partial charge in [0, 0.05) is 13.0 Å². The van der Waals surface area contributed by atoms with Gasteiger partial charge >= 0.3 is 0 Å². The van der Waals surface area contributed by atoms with E-state index < -0.39 is 59.3 Å². The number of carbonyl (C=O) groups excluding carboxylic acids is 1. The van der Waals surface area contributed by atoms with Crippen molar-refractivity contribution in [2.24, 2.45) is 46.3 Å². The molecule has 0 radical (unpaired) electrons. The van der Waals surface area contributed by atoms with E-state index in [-0.39, 0.29) is 47.6 Å². The summed E-state index contributed by atoms with van der Waals surface area (Å²) in [5.74, 6) is 1.47. The molecule has 45 heavy (non-hydrogen) atoms. The topological polar surface area (TPSA) is 203 Å². The molecule has 260 valence electrons. The summed E-state index contributed by atoms with van der Waals surface area (Å²) in [6.45, 7) is 6.20. The van der Waals surface area contributed by atoms with E-state index >= 15 is 0 Å². The van der Waals surface area contributed by atoms with Gasteiger partial charge < -0.3 is 40.3 Å². The Balaban J connectivity index is 1.19. The van der Waals surface area contributed by atoms with Crippen molar-refractivity contribution < 1.29 is 52.8 Å². The van der Waals surface area contributed by atoms with Gasteiger partial charge in [0.2, 0.25) is 5.91 Å². The maximum absolute atomic E-state index is 12.3. The average Bonchev–Trinajstić information content (AvgIpc) is 3.35. The lowest BCUT2D eigenvalue weighted by Crippen LogP contribution is -2.61. The quantitative estimate of drug-likeness (QED) is 0.131. The van der Waals surface area contributed by atoms with Gasteiger partial charge in [-0.2, -0.15) is 8.42 Å². The summed E-state index contributed by atoms with van der Waals surface area (Å²) in [7, 11) is -4.12. The summed E-state index contributed by atoms with van der Waals surface area (Å²) in [5.41, 5.74) is -0.182. The zero-order valence-corrected chi connectivity index (χ0v) is 27.6. The maximum Gasteiger partial charge on any atom is 0.266 e. The number of aliphatic hydroxyl groups excluding tert-OH is 5. The molecular weight excluding hydrogens is 606 g/mol. The summed E-state index contributed by atoms with van der Waals surface area (Å²) >= 11 is 0. The van der Waals surface area contributed by atoms with Crippen LogP contribution in [-0.2, 0) is 24.4 Å². The van der Waals surface area contributed by atoms with Gasteiger partial charge in [0.05, 0.1) is 24.6 Å². The number of hydrogen-bond donors (Lipinski definition) is 7. The molecular formula is C32H55NO11S. The fourth-order valence-corrected chi connectivity index (χ4v) is 11.0. The van der Waals surface area contributed by atoms with Gasteiger partial charge in [-0.05, 0) is 104 Å². The molecule has 4 saturated carbocycles. The number of nitrogens with one attached hydrogen (secondary N) is 1. The molecule has 7 N–H and O–H groups in total. The molecule has 0 aromatic heterocycles. The highest BCUT2D eigenvalue weighted by atomic mass is 32.2. The Morgan fingerprint density at radius 1 is 1.00 bits per heavy atom. The second-order valence-corrected chi connectivity index (χ2v) is 16.9. The summed E-state index contributed by atoms with van der Waals surface area (Å²) in [4.78, 5) is 12.3. The van der Waals surface area contributed by atoms with Crippen LogP contribution in [0.5, 0.6) is 0 Å². The van der Waals surface area contributed by atoms with E-state index in [4.69, 9.17) is 14.0 Å². The molecule has 5 rings (SSSR count). The van der Waals surface area contributed by atoms with Crippen molar-refractivity contribution in [1.82, 2.24) is 5.32 Å². The fourth-order valence-electron chi connectivity index (χ4n) is 10.6. The third-order valence-electron chi connectivity index (χ3n) is 13.2. The second-order valence-electron chi connectivity index (χ2n) is 15.3. The first-order valence-electron chi connectivity index (χ1n) is 17.0. The lowest BCUT2D eigenvalue weighted by molar-refractivity contribution is -0.316. The van der Waals surface area contributed by atoms with Crippen molar-refractivity contribution >= 4 is 16.0 Å². The van der Waals surface area contributed by atoms with E-state index in [1.54, 1.807) is 0 Å². The van der Waals surface area contributed by atoms with Crippen molar-refractivity contribution in [3.8, 4) is 0 Å². The minimum atomic E-state index is -4.12. The first-order chi connectivity index (χ1) is 21.1. The molecule has 13 heteroatoms. The largest absolute Gasteiger partial charge is 0.394 e. The molecule has 0 unspecified atom stereocenters. The van der Waals surface area contributed by atoms with Crippen molar-refractivity contribution in [3.05, 3.63) is 0 Å². The molecule has 1 amide bonds. The Labute approximate surface area is 267 Å². The van der Waals surface area contributed by atoms with E-state index in [0.29, 0.717) is 30.1 Å². The standard InChI is InChI=1S/C32H55NO11S/c1-17(4-9-26(36)33-12-13-45(40,41)42)21-7-8-22-20-6-5-18-14-19(43-30-29(39)28(38)27(37)24(16-34)44-30)10-11-31(18,2)23(20)15-25(35)32(21,22)3/h17-25,27-30,34-35,37-39H,4-16H2,1-3H3,(H,33,36)(H,40,41,42)/t17-,18-,19-,20+,21-,22+,23+,24-,25+,27-,28+,29-,30-,31+,32-/m1/s1. The Hall–Kier alpha value is -0.900. The number of hydrogen-bond acceptors (Lipinski definition) is 10. The first-order valence-corrected chi connectivity index (χ1v) is 18.6. The highest BCUT2D eigenvalue weighted by Crippen LogP contribution is 2.68. The van der Waals surface area contributed by atoms with Gasteiger partial charge in [-0.25, -0.2) is 0 Å². The van der Waals surface area contributed by atoms with E-state index in [1.165, 1.54) is 0 Å². The number of ether oxygens (including phenoxy) is 2. The number of aliphatic hydroxyl groups is 5. The highest BCUT2D eigenvalue weighted by Gasteiger charge is 2.64. The maximum atomic E-state index is 12.3. The van der Waals surface area contributed by atoms with E-state index in [1.807, 2.05) is 0 Å². The summed E-state index contributed by atoms with van der Waals surface area (Å²) in [6, 6.07) is 0. The van der Waals surface area contributed by atoms with Crippen LogP contribution < -0.4 is 5.32 Å². The molecule has 1 heterocycles. The van der Waals surface area contributed by atoms with Crippen molar-refractivity contribution in [2.75, 3.05) is 18.9 Å². The zero-order valence-electron chi connectivity index (χ0n) is 26.8. The van der Waals surface area contributed by atoms with Crippen LogP contribution in [0, 0.1) is 46.3 Å². The highest BCUT2D eigenvalue weighted by molar-refractivity contribution is 7.85. The number of rotatable bonds is 10. The lowest BCUT2D eigenvalue weighted by Gasteiger charge is -2.62. The molecule has 0 spiro atoms. The normalized spacial score (nSPS) is 47.3. The van der Waals surface area contributed by atoms with Crippen LogP contribution in [-0.4, -0.2) is 106 Å². The van der Waals surface area contributed by atoms with Crippen molar-refractivity contribution in [3.63, 3.8) is 0 Å². The average molecular weight is 662 g/mol. The van der Waals surface area contributed by atoms with Crippen molar-refractivity contribution in [1.29, 1.82) is 0 Å². The molecule has 1 aliphatic heterocycles. The van der Waals surface area contributed by atoms with E-state index in [0.717, 1.165) is 51.4 Å². The van der Waals surface area contributed by atoms with Gasteiger partial charge in [0.25, 0.3) is 10.1 Å². The summed E-state index contributed by atoms with van der Waals surface area (Å²) in [6.07, 6.45) is 1.35. The van der Waals surface area contributed by atoms with Crippen LogP contribution in [0.1, 0.15) is 85.0 Å². The van der Waals surface area contributed by atoms with Crippen molar-refractivity contribution in [2.45, 2.75) is 128 Å². The lowest BCUT2D eigenvalue weighted by atomic mass is 9.43. The molecule has 0 bridgehead atoms. The first kappa shape index (κ1) is 35.4. The van der Waals surface area contributed by atoms with Gasteiger partial charge in [-0.1, -0.05) is 20.8 Å². The van der Waals surface area contributed by atoms with Crippen LogP contribution in [0.3, 0.4) is 0 Å².